The monoisotopic (exact) mass is 332 g/mol. The van der Waals surface area contributed by atoms with Crippen molar-refractivity contribution < 1.29 is 19.7 Å². The van der Waals surface area contributed by atoms with Crippen molar-refractivity contribution >= 4 is 5.97 Å². The average molecular weight is 332 g/mol. The first kappa shape index (κ1) is 19.8. The number of carbonyl (C=O) groups excluding carboxylic acids is 1. The van der Waals surface area contributed by atoms with E-state index >= 15 is 0 Å². The van der Waals surface area contributed by atoms with E-state index in [0.717, 1.165) is 24.8 Å². The molecule has 0 saturated carbocycles. The Morgan fingerprint density at radius 1 is 1.04 bits per heavy atom. The Labute approximate surface area is 144 Å². The Kier molecular flexibility index (Phi) is 8.10. The molecule has 4 heteroatoms. The third-order valence-electron chi connectivity index (χ3n) is 4.05. The summed E-state index contributed by atoms with van der Waals surface area (Å²) >= 11 is 0. The Morgan fingerprint density at radius 3 is 2.38 bits per heavy atom. The van der Waals surface area contributed by atoms with Gasteiger partial charge < -0.3 is 14.9 Å². The first-order valence-electron chi connectivity index (χ1n) is 8.23. The summed E-state index contributed by atoms with van der Waals surface area (Å²) in [6.07, 6.45) is 7.80. The lowest BCUT2D eigenvalue weighted by molar-refractivity contribution is -0.140. The zero-order chi connectivity index (χ0) is 18.1. The number of methoxy groups -OCH3 is 1. The van der Waals surface area contributed by atoms with Crippen molar-refractivity contribution in [2.75, 3.05) is 7.11 Å². The van der Waals surface area contributed by atoms with Crippen LogP contribution in [0.15, 0.2) is 35.4 Å². The molecule has 0 atom stereocenters. The van der Waals surface area contributed by atoms with Gasteiger partial charge in [-0.25, -0.2) is 0 Å². The number of phenols is 2. The summed E-state index contributed by atoms with van der Waals surface area (Å²) in [6, 6.07) is 3.20. The van der Waals surface area contributed by atoms with E-state index in [2.05, 4.69) is 23.8 Å². The Balaban J connectivity index is 2.48. The number of benzene rings is 1. The number of allylic oxidation sites excluding steroid dienone is 4. The molecule has 2 N–H and O–H groups in total. The predicted molar refractivity (Wildman–Crippen MR) is 96.2 cm³/mol. The number of hydrogen-bond acceptors (Lipinski definition) is 4. The van der Waals surface area contributed by atoms with E-state index in [1.54, 1.807) is 19.1 Å². The molecule has 0 bridgehead atoms. The molecule has 132 valence electrons. The van der Waals surface area contributed by atoms with Crippen LogP contribution in [0.5, 0.6) is 11.5 Å². The van der Waals surface area contributed by atoms with Crippen LogP contribution < -0.4 is 0 Å². The molecule has 0 fully saturated rings. The maximum atomic E-state index is 11.1. The van der Waals surface area contributed by atoms with Crippen molar-refractivity contribution in [2.24, 2.45) is 0 Å². The molecule has 1 aromatic rings. The Bertz CT molecular complexity index is 627. The standard InChI is InChI=1S/C20H28O4/c1-14(6-5-7-15(2)9-11-20(23)24-4)8-10-17-13-18(21)16(3)12-19(17)22/h7-8,12-13,21-22H,5-6,9-11H2,1-4H3. The summed E-state index contributed by atoms with van der Waals surface area (Å²) in [7, 11) is 1.40. The number of ether oxygens (including phenoxy) is 1. The molecule has 4 nitrogen and oxygen atoms in total. The maximum Gasteiger partial charge on any atom is 0.305 e. The van der Waals surface area contributed by atoms with E-state index in [1.165, 1.54) is 18.3 Å². The second kappa shape index (κ2) is 9.81. The zero-order valence-corrected chi connectivity index (χ0v) is 15.1. The lowest BCUT2D eigenvalue weighted by atomic mass is 10.0. The number of aryl methyl sites for hydroxylation is 1. The molecular weight excluding hydrogens is 304 g/mol. The van der Waals surface area contributed by atoms with Crippen LogP contribution in [0, 0.1) is 6.92 Å². The van der Waals surface area contributed by atoms with E-state index in [9.17, 15) is 15.0 Å². The molecule has 1 aromatic carbocycles. The van der Waals surface area contributed by atoms with E-state index < -0.39 is 0 Å². The van der Waals surface area contributed by atoms with Crippen LogP contribution in [0.4, 0.5) is 0 Å². The van der Waals surface area contributed by atoms with Crippen molar-refractivity contribution in [1.82, 2.24) is 0 Å². The first-order chi connectivity index (χ1) is 11.3. The normalized spacial score (nSPS) is 12.3. The second-order valence-electron chi connectivity index (χ2n) is 6.19. The van der Waals surface area contributed by atoms with E-state index in [0.29, 0.717) is 18.4 Å². The third-order valence-corrected chi connectivity index (χ3v) is 4.05. The number of phenolic OH excluding ortho intramolecular Hbond substituents is 2. The van der Waals surface area contributed by atoms with Crippen molar-refractivity contribution in [2.45, 2.75) is 52.9 Å². The van der Waals surface area contributed by atoms with Gasteiger partial charge >= 0.3 is 5.97 Å². The zero-order valence-electron chi connectivity index (χ0n) is 15.1. The van der Waals surface area contributed by atoms with Crippen LogP contribution in [0.25, 0.3) is 0 Å². The fraction of sp³-hybridized carbons (Fsp3) is 0.450. The lowest BCUT2D eigenvalue weighted by Crippen LogP contribution is -1.99. The van der Waals surface area contributed by atoms with Crippen LogP contribution in [-0.2, 0) is 16.0 Å². The fourth-order valence-corrected chi connectivity index (χ4v) is 2.32. The summed E-state index contributed by atoms with van der Waals surface area (Å²) in [5, 5.41) is 19.6. The van der Waals surface area contributed by atoms with Gasteiger partial charge in [-0.1, -0.05) is 23.3 Å². The average Bonchev–Trinajstić information content (AvgIpc) is 2.54. The molecule has 0 aliphatic heterocycles. The Morgan fingerprint density at radius 2 is 1.71 bits per heavy atom. The number of esters is 1. The molecule has 0 aliphatic rings. The highest BCUT2D eigenvalue weighted by Gasteiger charge is 2.05. The summed E-state index contributed by atoms with van der Waals surface area (Å²) in [4.78, 5) is 11.1. The molecule has 0 aromatic heterocycles. The molecule has 0 amide bonds. The molecule has 1 rings (SSSR count). The fourth-order valence-electron chi connectivity index (χ4n) is 2.32. The topological polar surface area (TPSA) is 66.8 Å². The molecular formula is C20H28O4. The van der Waals surface area contributed by atoms with Crippen molar-refractivity contribution in [3.05, 3.63) is 46.6 Å². The SMILES string of the molecule is COC(=O)CCC(C)=CCCC(C)=CCc1cc(O)c(C)cc1O. The molecule has 0 saturated heterocycles. The van der Waals surface area contributed by atoms with Gasteiger partial charge in [0.2, 0.25) is 0 Å². The third kappa shape index (κ3) is 6.90. The van der Waals surface area contributed by atoms with Gasteiger partial charge in [0.05, 0.1) is 7.11 Å². The first-order valence-corrected chi connectivity index (χ1v) is 8.23. The van der Waals surface area contributed by atoms with Crippen LogP contribution in [0.3, 0.4) is 0 Å². The molecule has 24 heavy (non-hydrogen) atoms. The van der Waals surface area contributed by atoms with E-state index in [4.69, 9.17) is 0 Å². The molecule has 0 unspecified atom stereocenters. The van der Waals surface area contributed by atoms with E-state index in [1.807, 2.05) is 6.92 Å². The van der Waals surface area contributed by atoms with Gasteiger partial charge in [-0.3, -0.25) is 4.79 Å². The lowest BCUT2D eigenvalue weighted by Gasteiger charge is -2.06. The predicted octanol–water partition coefficient (Wildman–Crippen LogP) is 4.57. The molecule has 0 aliphatic carbocycles. The maximum absolute atomic E-state index is 11.1. The minimum atomic E-state index is -0.181. The van der Waals surface area contributed by atoms with Gasteiger partial charge in [-0.05, 0) is 64.2 Å². The molecule has 0 radical (unpaired) electrons. The highest BCUT2D eigenvalue weighted by atomic mass is 16.5. The highest BCUT2D eigenvalue weighted by molar-refractivity contribution is 5.69. The summed E-state index contributed by atoms with van der Waals surface area (Å²) in [5.74, 6) is 0.242. The number of carbonyl (C=O) groups is 1. The van der Waals surface area contributed by atoms with Crippen molar-refractivity contribution in [3.63, 3.8) is 0 Å². The van der Waals surface area contributed by atoms with E-state index in [-0.39, 0.29) is 17.5 Å². The van der Waals surface area contributed by atoms with Gasteiger partial charge in [-0.2, -0.15) is 0 Å². The summed E-state index contributed by atoms with van der Waals surface area (Å²) in [5.41, 5.74) is 3.81. The van der Waals surface area contributed by atoms with Crippen LogP contribution in [0.2, 0.25) is 0 Å². The largest absolute Gasteiger partial charge is 0.508 e. The van der Waals surface area contributed by atoms with Gasteiger partial charge in [0.25, 0.3) is 0 Å². The summed E-state index contributed by atoms with van der Waals surface area (Å²) in [6.45, 7) is 5.84. The molecule has 0 spiro atoms. The Hall–Kier alpha value is -2.23. The second-order valence-corrected chi connectivity index (χ2v) is 6.19. The number of hydrogen-bond donors (Lipinski definition) is 2. The van der Waals surface area contributed by atoms with Crippen LogP contribution in [-0.4, -0.2) is 23.3 Å². The number of rotatable bonds is 8. The van der Waals surface area contributed by atoms with Crippen LogP contribution >= 0.6 is 0 Å². The summed E-state index contributed by atoms with van der Waals surface area (Å²) < 4.78 is 4.63. The van der Waals surface area contributed by atoms with Crippen LogP contribution in [0.1, 0.15) is 50.7 Å². The molecule has 0 heterocycles. The van der Waals surface area contributed by atoms with Gasteiger partial charge in [0, 0.05) is 12.0 Å². The van der Waals surface area contributed by atoms with Crippen molar-refractivity contribution in [3.8, 4) is 11.5 Å². The smallest absolute Gasteiger partial charge is 0.305 e. The minimum Gasteiger partial charge on any atom is -0.508 e. The quantitative estimate of drug-likeness (QED) is 0.415. The van der Waals surface area contributed by atoms with Gasteiger partial charge in [0.15, 0.2) is 0 Å². The highest BCUT2D eigenvalue weighted by Crippen LogP contribution is 2.27. The van der Waals surface area contributed by atoms with Gasteiger partial charge in [0.1, 0.15) is 11.5 Å². The number of aromatic hydroxyl groups is 2. The van der Waals surface area contributed by atoms with Crippen molar-refractivity contribution in [1.29, 1.82) is 0 Å². The minimum absolute atomic E-state index is 0.181. The van der Waals surface area contributed by atoms with Gasteiger partial charge in [-0.15, -0.1) is 0 Å².